The third-order valence-electron chi connectivity index (χ3n) is 2.94. The maximum Gasteiger partial charge on any atom is 0.326 e. The van der Waals surface area contributed by atoms with Gasteiger partial charge in [0, 0.05) is 12.3 Å². The van der Waals surface area contributed by atoms with Crippen molar-refractivity contribution in [1.82, 2.24) is 5.32 Å². The van der Waals surface area contributed by atoms with Crippen molar-refractivity contribution in [1.29, 1.82) is 0 Å². The summed E-state index contributed by atoms with van der Waals surface area (Å²) in [5, 5.41) is 11.5. The fourth-order valence-electron chi connectivity index (χ4n) is 1.72. The van der Waals surface area contributed by atoms with Crippen molar-refractivity contribution < 1.29 is 19.1 Å². The van der Waals surface area contributed by atoms with Gasteiger partial charge in [-0.1, -0.05) is 18.2 Å². The Bertz CT molecular complexity index is 471. The van der Waals surface area contributed by atoms with Crippen molar-refractivity contribution in [3.63, 3.8) is 0 Å². The van der Waals surface area contributed by atoms with Crippen molar-refractivity contribution >= 4 is 11.9 Å². The van der Waals surface area contributed by atoms with Crippen LogP contribution in [0.1, 0.15) is 18.4 Å². The number of halogens is 1. The zero-order valence-electron chi connectivity index (χ0n) is 9.73. The molecule has 4 nitrogen and oxygen atoms in total. The van der Waals surface area contributed by atoms with Gasteiger partial charge in [0.1, 0.15) is 11.9 Å². The van der Waals surface area contributed by atoms with E-state index in [1.807, 2.05) is 0 Å². The molecule has 96 valence electrons. The number of hydrogen-bond donors (Lipinski definition) is 2. The maximum absolute atomic E-state index is 13.4. The van der Waals surface area contributed by atoms with Crippen LogP contribution < -0.4 is 5.32 Å². The Morgan fingerprint density at radius 3 is 2.61 bits per heavy atom. The quantitative estimate of drug-likeness (QED) is 0.830. The minimum atomic E-state index is -1.15. The highest BCUT2D eigenvalue weighted by molar-refractivity contribution is 5.86. The van der Waals surface area contributed by atoms with Crippen LogP contribution in [0, 0.1) is 11.7 Å². The van der Waals surface area contributed by atoms with E-state index in [1.54, 1.807) is 6.07 Å². The number of carboxylic acids is 1. The van der Waals surface area contributed by atoms with Crippen LogP contribution in [0.15, 0.2) is 24.3 Å². The summed E-state index contributed by atoms with van der Waals surface area (Å²) in [7, 11) is 0. The predicted molar refractivity (Wildman–Crippen MR) is 62.4 cm³/mol. The fraction of sp³-hybridized carbons (Fsp3) is 0.385. The topological polar surface area (TPSA) is 66.4 Å². The third kappa shape index (κ3) is 3.06. The molecule has 1 saturated carbocycles. The molecule has 2 rings (SSSR count). The van der Waals surface area contributed by atoms with Gasteiger partial charge in [0.2, 0.25) is 5.91 Å². The van der Waals surface area contributed by atoms with Crippen molar-refractivity contribution in [2.24, 2.45) is 5.92 Å². The molecule has 1 aromatic rings. The lowest BCUT2D eigenvalue weighted by atomic mass is 10.1. The number of amides is 1. The lowest BCUT2D eigenvalue weighted by Gasteiger charge is -2.14. The Balaban J connectivity index is 2.04. The van der Waals surface area contributed by atoms with Gasteiger partial charge < -0.3 is 10.4 Å². The van der Waals surface area contributed by atoms with Gasteiger partial charge in [0.25, 0.3) is 0 Å². The van der Waals surface area contributed by atoms with Gasteiger partial charge in [-0.25, -0.2) is 9.18 Å². The molecule has 0 bridgehead atoms. The van der Waals surface area contributed by atoms with Gasteiger partial charge in [0.15, 0.2) is 0 Å². The van der Waals surface area contributed by atoms with E-state index in [0.29, 0.717) is 5.56 Å². The molecule has 0 heterocycles. The number of nitrogens with one attached hydrogen (secondary N) is 1. The largest absolute Gasteiger partial charge is 0.480 e. The predicted octanol–water partition coefficient (Wildman–Crippen LogP) is 1.35. The van der Waals surface area contributed by atoms with E-state index in [0.717, 1.165) is 12.8 Å². The number of carbonyl (C=O) groups excluding carboxylic acids is 1. The van der Waals surface area contributed by atoms with Crippen molar-refractivity contribution in [3.8, 4) is 0 Å². The van der Waals surface area contributed by atoms with E-state index in [1.165, 1.54) is 18.2 Å². The van der Waals surface area contributed by atoms with Gasteiger partial charge in [-0.3, -0.25) is 4.79 Å². The molecule has 0 spiro atoms. The minimum Gasteiger partial charge on any atom is -0.480 e. The second kappa shape index (κ2) is 5.16. The van der Waals surface area contributed by atoms with Crippen LogP contribution in [0.2, 0.25) is 0 Å². The summed E-state index contributed by atoms with van der Waals surface area (Å²) in [6.07, 6.45) is 1.57. The third-order valence-corrected chi connectivity index (χ3v) is 2.94. The molecular weight excluding hydrogens is 237 g/mol. The van der Waals surface area contributed by atoms with E-state index in [2.05, 4.69) is 5.32 Å². The highest BCUT2D eigenvalue weighted by atomic mass is 19.1. The highest BCUT2D eigenvalue weighted by Crippen LogP contribution is 2.29. The molecule has 1 atom stereocenters. The maximum atomic E-state index is 13.4. The fourth-order valence-corrected chi connectivity index (χ4v) is 1.72. The number of hydrogen-bond acceptors (Lipinski definition) is 2. The number of rotatable bonds is 5. The lowest BCUT2D eigenvalue weighted by Crippen LogP contribution is -2.43. The Morgan fingerprint density at radius 1 is 1.39 bits per heavy atom. The van der Waals surface area contributed by atoms with E-state index in [9.17, 15) is 14.0 Å². The number of carbonyl (C=O) groups is 2. The lowest BCUT2D eigenvalue weighted by molar-refractivity contribution is -0.142. The molecule has 0 aliphatic heterocycles. The molecule has 0 aromatic heterocycles. The van der Waals surface area contributed by atoms with Crippen LogP contribution in [-0.2, 0) is 16.0 Å². The molecule has 1 unspecified atom stereocenters. The van der Waals surface area contributed by atoms with Gasteiger partial charge in [-0.15, -0.1) is 0 Å². The molecule has 2 N–H and O–H groups in total. The van der Waals surface area contributed by atoms with Crippen molar-refractivity contribution in [3.05, 3.63) is 35.6 Å². The highest BCUT2D eigenvalue weighted by Gasteiger charge is 2.32. The van der Waals surface area contributed by atoms with Gasteiger partial charge in [-0.05, 0) is 24.5 Å². The molecule has 0 saturated heterocycles. The van der Waals surface area contributed by atoms with Crippen LogP contribution in [0.3, 0.4) is 0 Å². The van der Waals surface area contributed by atoms with E-state index in [-0.39, 0.29) is 18.2 Å². The zero-order chi connectivity index (χ0) is 13.1. The van der Waals surface area contributed by atoms with E-state index < -0.39 is 17.8 Å². The second-order valence-electron chi connectivity index (χ2n) is 4.47. The van der Waals surface area contributed by atoms with Gasteiger partial charge in [0.05, 0.1) is 0 Å². The Labute approximate surface area is 104 Å². The monoisotopic (exact) mass is 251 g/mol. The number of benzene rings is 1. The van der Waals surface area contributed by atoms with Crippen LogP contribution in [0.4, 0.5) is 4.39 Å². The molecule has 1 aliphatic rings. The first-order chi connectivity index (χ1) is 8.58. The van der Waals surface area contributed by atoms with Crippen molar-refractivity contribution in [2.75, 3.05) is 0 Å². The van der Waals surface area contributed by atoms with Gasteiger partial charge >= 0.3 is 5.97 Å². The molecule has 1 amide bonds. The van der Waals surface area contributed by atoms with E-state index >= 15 is 0 Å². The number of aliphatic carboxylic acids is 1. The zero-order valence-corrected chi connectivity index (χ0v) is 9.73. The minimum absolute atomic E-state index is 0.0412. The van der Waals surface area contributed by atoms with Crippen molar-refractivity contribution in [2.45, 2.75) is 25.3 Å². The SMILES string of the molecule is O=C(NC(Cc1ccccc1F)C(=O)O)C1CC1. The first kappa shape index (κ1) is 12.5. The summed E-state index contributed by atoms with van der Waals surface area (Å²) in [5.74, 6) is -1.91. The van der Waals surface area contributed by atoms with Crippen LogP contribution >= 0.6 is 0 Å². The molecule has 1 aromatic carbocycles. The summed E-state index contributed by atoms with van der Waals surface area (Å²) < 4.78 is 13.4. The molecule has 1 fully saturated rings. The van der Waals surface area contributed by atoms with Crippen LogP contribution in [0.5, 0.6) is 0 Å². The first-order valence-corrected chi connectivity index (χ1v) is 5.84. The normalized spacial score (nSPS) is 16.1. The smallest absolute Gasteiger partial charge is 0.326 e. The molecule has 0 radical (unpaired) electrons. The summed E-state index contributed by atoms with van der Waals surface area (Å²) in [5.41, 5.74) is 0.293. The Hall–Kier alpha value is -1.91. The second-order valence-corrected chi connectivity index (χ2v) is 4.47. The van der Waals surface area contributed by atoms with E-state index in [4.69, 9.17) is 5.11 Å². The van der Waals surface area contributed by atoms with Crippen LogP contribution in [0.25, 0.3) is 0 Å². The molecule has 5 heteroatoms. The first-order valence-electron chi connectivity index (χ1n) is 5.84. The standard InChI is InChI=1S/C13H14FNO3/c14-10-4-2-1-3-9(10)7-11(13(17)18)15-12(16)8-5-6-8/h1-4,8,11H,5-7H2,(H,15,16)(H,17,18). The molecule has 18 heavy (non-hydrogen) atoms. The number of carboxylic acid groups (broad SMARTS) is 1. The molecule has 1 aliphatic carbocycles. The summed E-state index contributed by atoms with van der Waals surface area (Å²) in [4.78, 5) is 22.6. The van der Waals surface area contributed by atoms with Gasteiger partial charge in [-0.2, -0.15) is 0 Å². The average molecular weight is 251 g/mol. The Kier molecular flexibility index (Phi) is 3.60. The summed E-state index contributed by atoms with van der Waals surface area (Å²) in [6.45, 7) is 0. The average Bonchev–Trinajstić information content (AvgIpc) is 3.14. The summed E-state index contributed by atoms with van der Waals surface area (Å²) >= 11 is 0. The summed E-state index contributed by atoms with van der Waals surface area (Å²) in [6, 6.07) is 4.90. The van der Waals surface area contributed by atoms with Crippen LogP contribution in [-0.4, -0.2) is 23.0 Å². The molecular formula is C13H14FNO3. The Morgan fingerprint density at radius 2 is 2.06 bits per heavy atom.